The number of carbonyl (C=O) groups is 1. The first-order valence-electron chi connectivity index (χ1n) is 3.79. The predicted octanol–water partition coefficient (Wildman–Crippen LogP) is -3.36. The van der Waals surface area contributed by atoms with E-state index in [1.54, 1.807) is 0 Å². The molecule has 2 amide bonds. The lowest BCUT2D eigenvalue weighted by Crippen LogP contribution is -3.00. The summed E-state index contributed by atoms with van der Waals surface area (Å²) in [5.74, 6) is 0. The molecule has 0 unspecified atom stereocenters. The third-order valence-corrected chi connectivity index (χ3v) is 1.36. The second-order valence-corrected chi connectivity index (χ2v) is 3.68. The van der Waals surface area contributed by atoms with Gasteiger partial charge in [-0.2, -0.15) is 0 Å². The number of primary amides is 1. The Labute approximate surface area is 85.4 Å². The Morgan fingerprint density at radius 2 is 1.92 bits per heavy atom. The fraction of sp³-hybridized carbons (Fsp3) is 0.857. The van der Waals surface area contributed by atoms with Crippen molar-refractivity contribution in [3.63, 3.8) is 0 Å². The number of quaternary nitrogens is 1. The average molecular weight is 212 g/mol. The molecule has 0 saturated carbocycles. The summed E-state index contributed by atoms with van der Waals surface area (Å²) in [4.78, 5) is 15.5. The zero-order valence-electron chi connectivity index (χ0n) is 8.58. The Balaban J connectivity index is 0. The number of halogens is 1. The number of likely N-dealkylation sites (N-methyl/N-ethyl adjacent to an activating group) is 1. The summed E-state index contributed by atoms with van der Waals surface area (Å²) < 4.78 is 0.798. The van der Waals surface area contributed by atoms with Gasteiger partial charge in [0.05, 0.1) is 21.1 Å². The molecule has 13 heavy (non-hydrogen) atoms. The van der Waals surface area contributed by atoms with Crippen LogP contribution in [-0.2, 0) is 4.84 Å². The smallest absolute Gasteiger partial charge is 0.338 e. The third kappa shape index (κ3) is 9.39. The highest BCUT2D eigenvalue weighted by Gasteiger charge is 2.08. The number of carbonyl (C=O) groups excluding carboxylic acids is 1. The van der Waals surface area contributed by atoms with E-state index < -0.39 is 6.03 Å². The van der Waals surface area contributed by atoms with E-state index in [1.807, 2.05) is 21.1 Å². The van der Waals surface area contributed by atoms with E-state index in [9.17, 15) is 4.79 Å². The Morgan fingerprint density at radius 3 is 2.23 bits per heavy atom. The summed E-state index contributed by atoms with van der Waals surface area (Å²) in [6.07, 6.45) is 0. The summed E-state index contributed by atoms with van der Waals surface area (Å²) in [7, 11) is 7.65. The molecule has 0 aromatic rings. The number of hydrogen-bond donors (Lipinski definition) is 1. The van der Waals surface area contributed by atoms with Crippen LogP contribution in [0.4, 0.5) is 4.79 Å². The molecule has 0 aromatic carbocycles. The molecule has 0 fully saturated rings. The maximum Gasteiger partial charge on any atom is 0.338 e. The summed E-state index contributed by atoms with van der Waals surface area (Å²) >= 11 is 0. The molecule has 5 nitrogen and oxygen atoms in total. The van der Waals surface area contributed by atoms with Crippen LogP contribution in [0.15, 0.2) is 0 Å². The minimum atomic E-state index is -0.573. The second kappa shape index (κ2) is 6.01. The summed E-state index contributed by atoms with van der Waals surface area (Å²) in [5.41, 5.74) is 4.94. The lowest BCUT2D eigenvalue weighted by atomic mass is 10.5. The Morgan fingerprint density at radius 1 is 1.46 bits per heavy atom. The summed E-state index contributed by atoms with van der Waals surface area (Å²) in [5, 5.41) is 1.04. The molecule has 0 aromatic heterocycles. The van der Waals surface area contributed by atoms with Gasteiger partial charge in [0.2, 0.25) is 0 Å². The van der Waals surface area contributed by atoms with Gasteiger partial charge in [0.15, 0.2) is 0 Å². The molecule has 6 heteroatoms. The SMILES string of the molecule is CN(OCC[N+](C)(C)C)C(N)=O.[Cl-]. The van der Waals surface area contributed by atoms with Gasteiger partial charge in [0, 0.05) is 7.05 Å². The van der Waals surface area contributed by atoms with Crippen LogP contribution in [0.1, 0.15) is 0 Å². The highest BCUT2D eigenvalue weighted by molar-refractivity contribution is 5.70. The van der Waals surface area contributed by atoms with Gasteiger partial charge in [-0.25, -0.2) is 9.86 Å². The van der Waals surface area contributed by atoms with E-state index in [0.29, 0.717) is 6.61 Å². The number of nitrogens with zero attached hydrogens (tertiary/aromatic N) is 2. The largest absolute Gasteiger partial charge is 1.00 e. The van der Waals surface area contributed by atoms with Gasteiger partial charge in [-0.1, -0.05) is 0 Å². The zero-order valence-corrected chi connectivity index (χ0v) is 9.34. The van der Waals surface area contributed by atoms with Crippen LogP contribution >= 0.6 is 0 Å². The Hall–Kier alpha value is -0.520. The first kappa shape index (κ1) is 15.0. The van der Waals surface area contributed by atoms with E-state index in [-0.39, 0.29) is 12.4 Å². The van der Waals surface area contributed by atoms with E-state index in [0.717, 1.165) is 16.1 Å². The monoisotopic (exact) mass is 211 g/mol. The molecule has 0 saturated heterocycles. The van der Waals surface area contributed by atoms with Crippen molar-refractivity contribution in [2.75, 3.05) is 41.3 Å². The van der Waals surface area contributed by atoms with Crippen molar-refractivity contribution in [2.24, 2.45) is 5.73 Å². The van der Waals surface area contributed by atoms with Crippen molar-refractivity contribution >= 4 is 6.03 Å². The minimum absolute atomic E-state index is 0. The number of nitrogens with two attached hydrogens (primary N) is 1. The van der Waals surface area contributed by atoms with Gasteiger partial charge in [-0.15, -0.1) is 0 Å². The lowest BCUT2D eigenvalue weighted by molar-refractivity contribution is -0.871. The van der Waals surface area contributed by atoms with Crippen LogP contribution < -0.4 is 18.1 Å². The van der Waals surface area contributed by atoms with E-state index in [4.69, 9.17) is 10.6 Å². The number of urea groups is 1. The molecular weight excluding hydrogens is 194 g/mol. The maximum absolute atomic E-state index is 10.5. The first-order chi connectivity index (χ1) is 5.33. The topological polar surface area (TPSA) is 55.6 Å². The zero-order chi connectivity index (χ0) is 9.78. The minimum Gasteiger partial charge on any atom is -1.00 e. The molecule has 0 rings (SSSR count). The number of hydrogen-bond acceptors (Lipinski definition) is 2. The average Bonchev–Trinajstić information content (AvgIpc) is 1.84. The van der Waals surface area contributed by atoms with Crippen LogP contribution in [0.2, 0.25) is 0 Å². The van der Waals surface area contributed by atoms with Gasteiger partial charge in [-0.05, 0) is 0 Å². The maximum atomic E-state index is 10.5. The Bertz CT molecular complexity index is 158. The van der Waals surface area contributed by atoms with Crippen LogP contribution in [0.5, 0.6) is 0 Å². The van der Waals surface area contributed by atoms with Gasteiger partial charge in [0.1, 0.15) is 13.2 Å². The molecule has 0 heterocycles. The molecule has 0 aliphatic heterocycles. The van der Waals surface area contributed by atoms with Gasteiger partial charge in [-0.3, -0.25) is 4.84 Å². The fourth-order valence-corrected chi connectivity index (χ4v) is 0.515. The molecular formula is C7H18ClN3O2. The van der Waals surface area contributed by atoms with Crippen LogP contribution in [0, 0.1) is 0 Å². The van der Waals surface area contributed by atoms with Gasteiger partial charge in [0.25, 0.3) is 0 Å². The standard InChI is InChI=1S/C7H17N3O2.ClH/c1-9(7(8)11)12-6-5-10(2,3)4;/h5-6H2,1-4H3,(H-,8,11);1H. The number of hydroxylamine groups is 2. The number of rotatable bonds is 4. The highest BCUT2D eigenvalue weighted by Crippen LogP contribution is 1.91. The molecule has 0 bridgehead atoms. The third-order valence-electron chi connectivity index (χ3n) is 1.36. The van der Waals surface area contributed by atoms with Crippen molar-refractivity contribution in [1.29, 1.82) is 0 Å². The number of amides is 2. The quantitative estimate of drug-likeness (QED) is 0.390. The first-order valence-corrected chi connectivity index (χ1v) is 3.79. The molecule has 0 aliphatic rings. The van der Waals surface area contributed by atoms with Crippen molar-refractivity contribution in [1.82, 2.24) is 5.06 Å². The molecule has 0 spiro atoms. The highest BCUT2D eigenvalue weighted by atomic mass is 35.5. The van der Waals surface area contributed by atoms with E-state index in [2.05, 4.69) is 0 Å². The van der Waals surface area contributed by atoms with Crippen molar-refractivity contribution in [3.05, 3.63) is 0 Å². The van der Waals surface area contributed by atoms with Crippen molar-refractivity contribution < 1.29 is 26.5 Å². The normalized spacial score (nSPS) is 10.5. The van der Waals surface area contributed by atoms with E-state index in [1.165, 1.54) is 7.05 Å². The predicted molar refractivity (Wildman–Crippen MR) is 46.2 cm³/mol. The second-order valence-electron chi connectivity index (χ2n) is 3.68. The molecule has 0 radical (unpaired) electrons. The molecule has 0 aliphatic carbocycles. The van der Waals surface area contributed by atoms with Crippen LogP contribution in [0.25, 0.3) is 0 Å². The van der Waals surface area contributed by atoms with E-state index >= 15 is 0 Å². The van der Waals surface area contributed by atoms with Gasteiger partial charge >= 0.3 is 6.03 Å². The van der Waals surface area contributed by atoms with Crippen molar-refractivity contribution in [3.8, 4) is 0 Å². The Kier molecular flexibility index (Phi) is 6.93. The lowest BCUT2D eigenvalue weighted by Gasteiger charge is -2.24. The molecule has 0 atom stereocenters. The summed E-state index contributed by atoms with van der Waals surface area (Å²) in [6.45, 7) is 1.32. The van der Waals surface area contributed by atoms with Crippen LogP contribution in [-0.4, -0.2) is 56.9 Å². The van der Waals surface area contributed by atoms with Crippen LogP contribution in [0.3, 0.4) is 0 Å². The molecule has 2 N–H and O–H groups in total. The fourth-order valence-electron chi connectivity index (χ4n) is 0.515. The molecule has 80 valence electrons. The summed E-state index contributed by atoms with van der Waals surface area (Å²) in [6, 6.07) is -0.573. The van der Waals surface area contributed by atoms with Gasteiger partial charge < -0.3 is 22.6 Å². The van der Waals surface area contributed by atoms with Crippen molar-refractivity contribution in [2.45, 2.75) is 0 Å².